The van der Waals surface area contributed by atoms with E-state index in [1.807, 2.05) is 90.1 Å². The average molecular weight is 664 g/mol. The summed E-state index contributed by atoms with van der Waals surface area (Å²) in [5.41, 5.74) is 2.49. The maximum Gasteiger partial charge on any atom is 0.494 e. The third-order valence-electron chi connectivity index (χ3n) is 9.59. The number of carbonyl (C=O) groups excluding carboxylic acids is 2. The molecule has 0 radical (unpaired) electrons. The number of unbranched alkanes of at least 4 members (excludes halogenated alkanes) is 2. The van der Waals surface area contributed by atoms with E-state index in [4.69, 9.17) is 18.8 Å². The second-order valence-electron chi connectivity index (χ2n) is 13.7. The first-order valence-corrected chi connectivity index (χ1v) is 18.0. The zero-order chi connectivity index (χ0) is 35.2. The number of anilines is 1. The molecule has 0 amide bonds. The van der Waals surface area contributed by atoms with Crippen LogP contribution in [0.1, 0.15) is 107 Å². The van der Waals surface area contributed by atoms with Crippen LogP contribution in [0.4, 0.5) is 17.1 Å². The van der Waals surface area contributed by atoms with E-state index in [1.165, 1.54) is 0 Å². The van der Waals surface area contributed by atoms with Crippen LogP contribution in [-0.4, -0.2) is 56.6 Å². The van der Waals surface area contributed by atoms with E-state index < -0.39 is 18.3 Å². The summed E-state index contributed by atoms with van der Waals surface area (Å²) in [6, 6.07) is 15.4. The van der Waals surface area contributed by atoms with E-state index in [9.17, 15) is 9.59 Å². The van der Waals surface area contributed by atoms with Crippen molar-refractivity contribution in [2.75, 3.05) is 31.2 Å². The number of ether oxygens (including phenoxy) is 2. The zero-order valence-corrected chi connectivity index (χ0v) is 30.6. The van der Waals surface area contributed by atoms with Gasteiger partial charge in [-0.1, -0.05) is 65.5 Å². The maximum absolute atomic E-state index is 12.7. The summed E-state index contributed by atoms with van der Waals surface area (Å²) in [4.78, 5) is 27.5. The van der Waals surface area contributed by atoms with Crippen molar-refractivity contribution < 1.29 is 28.4 Å². The monoisotopic (exact) mass is 663 g/mol. The highest BCUT2D eigenvalue weighted by Gasteiger charge is 2.51. The summed E-state index contributed by atoms with van der Waals surface area (Å²) in [5, 5.41) is 8.85. The van der Waals surface area contributed by atoms with Gasteiger partial charge in [-0.2, -0.15) is 10.2 Å². The number of carbonyl (C=O) groups is 2. The van der Waals surface area contributed by atoms with Crippen molar-refractivity contribution in [3.05, 3.63) is 48.5 Å². The van der Waals surface area contributed by atoms with Crippen molar-refractivity contribution >= 4 is 41.6 Å². The van der Waals surface area contributed by atoms with E-state index in [-0.39, 0.29) is 37.0 Å². The van der Waals surface area contributed by atoms with Gasteiger partial charge in [-0.05, 0) is 95.2 Å². The molecule has 264 valence electrons. The summed E-state index contributed by atoms with van der Waals surface area (Å²) in [5.74, 6) is -0.423. The number of esters is 2. The van der Waals surface area contributed by atoms with Gasteiger partial charge in [-0.15, -0.1) is 0 Å². The molecule has 48 heavy (non-hydrogen) atoms. The number of hydrogen-bond acceptors (Lipinski definition) is 9. The van der Waals surface area contributed by atoms with Gasteiger partial charge < -0.3 is 23.7 Å². The van der Waals surface area contributed by atoms with Crippen LogP contribution in [0.15, 0.2) is 58.8 Å². The Labute approximate surface area is 289 Å². The first kappa shape index (κ1) is 39.2. The molecule has 0 spiro atoms. The lowest BCUT2D eigenvalue weighted by Gasteiger charge is -2.32. The Bertz CT molecular complexity index is 1250. The first-order chi connectivity index (χ1) is 22.9. The SMILES string of the molecule is CCCCC(CC)C(=O)OCCN(CCOC(=O)C(CC)CCCC)c1ccc(/N=N/c2ccc(B3OC(C)(C)C(C)(C)O3)cc2)cc1. The molecule has 0 aromatic heterocycles. The number of rotatable bonds is 20. The molecule has 2 atom stereocenters. The average Bonchev–Trinajstić information content (AvgIpc) is 3.30. The molecule has 1 heterocycles. The Morgan fingerprint density at radius 1 is 0.708 bits per heavy atom. The molecular formula is C38H58BN3O6. The lowest BCUT2D eigenvalue weighted by molar-refractivity contribution is -0.149. The number of azo groups is 1. The van der Waals surface area contributed by atoms with E-state index in [2.05, 4.69) is 29.0 Å². The largest absolute Gasteiger partial charge is 0.494 e. The van der Waals surface area contributed by atoms with Gasteiger partial charge in [0.05, 0.1) is 47.5 Å². The molecule has 2 aromatic carbocycles. The third kappa shape index (κ3) is 11.4. The van der Waals surface area contributed by atoms with E-state index in [0.717, 1.165) is 68.2 Å². The molecule has 2 aromatic rings. The Morgan fingerprint density at radius 3 is 1.52 bits per heavy atom. The van der Waals surface area contributed by atoms with Gasteiger partial charge in [-0.25, -0.2) is 0 Å². The number of benzene rings is 2. The fourth-order valence-electron chi connectivity index (χ4n) is 5.52. The fraction of sp³-hybridized carbons (Fsp3) is 0.632. The van der Waals surface area contributed by atoms with E-state index in [1.54, 1.807) is 0 Å². The number of nitrogens with zero attached hydrogens (tertiary/aromatic N) is 3. The minimum Gasteiger partial charge on any atom is -0.464 e. The predicted octanol–water partition coefficient (Wildman–Crippen LogP) is 8.73. The Balaban J connectivity index is 1.64. The molecule has 2 unspecified atom stereocenters. The molecule has 0 aliphatic carbocycles. The van der Waals surface area contributed by atoms with Gasteiger partial charge in [0, 0.05) is 5.69 Å². The molecule has 9 nitrogen and oxygen atoms in total. The van der Waals surface area contributed by atoms with Crippen LogP contribution >= 0.6 is 0 Å². The highest BCUT2D eigenvalue weighted by Crippen LogP contribution is 2.36. The fourth-order valence-corrected chi connectivity index (χ4v) is 5.52. The van der Waals surface area contributed by atoms with Crippen molar-refractivity contribution in [2.24, 2.45) is 22.1 Å². The highest BCUT2D eigenvalue weighted by atomic mass is 16.7. The molecule has 1 aliphatic rings. The summed E-state index contributed by atoms with van der Waals surface area (Å²) < 4.78 is 23.7. The molecule has 1 aliphatic heterocycles. The van der Waals surface area contributed by atoms with Crippen molar-refractivity contribution in [1.82, 2.24) is 0 Å². The van der Waals surface area contributed by atoms with Crippen LogP contribution < -0.4 is 10.4 Å². The van der Waals surface area contributed by atoms with Crippen LogP contribution in [0.5, 0.6) is 0 Å². The second-order valence-corrected chi connectivity index (χ2v) is 13.7. The zero-order valence-electron chi connectivity index (χ0n) is 30.6. The van der Waals surface area contributed by atoms with Gasteiger partial charge in [0.15, 0.2) is 0 Å². The Hall–Kier alpha value is -3.24. The normalized spacial score (nSPS) is 16.5. The van der Waals surface area contributed by atoms with E-state index in [0.29, 0.717) is 18.8 Å². The quantitative estimate of drug-likeness (QED) is 0.0794. The van der Waals surface area contributed by atoms with Gasteiger partial charge >= 0.3 is 19.1 Å². The molecule has 1 fully saturated rings. The van der Waals surface area contributed by atoms with Gasteiger partial charge in [-0.3, -0.25) is 9.59 Å². The summed E-state index contributed by atoms with van der Waals surface area (Å²) in [6.45, 7) is 18.0. The Kier molecular flexibility index (Phi) is 15.6. The molecule has 1 saturated heterocycles. The van der Waals surface area contributed by atoms with Crippen LogP contribution in [0.3, 0.4) is 0 Å². The molecule has 3 rings (SSSR count). The lowest BCUT2D eigenvalue weighted by Crippen LogP contribution is -2.41. The van der Waals surface area contributed by atoms with Gasteiger partial charge in [0.2, 0.25) is 0 Å². The van der Waals surface area contributed by atoms with Crippen LogP contribution in [0.2, 0.25) is 0 Å². The predicted molar refractivity (Wildman–Crippen MR) is 194 cm³/mol. The third-order valence-corrected chi connectivity index (χ3v) is 9.59. The van der Waals surface area contributed by atoms with Crippen LogP contribution in [0, 0.1) is 11.8 Å². The molecule has 0 N–H and O–H groups in total. The summed E-state index contributed by atoms with van der Waals surface area (Å²) in [6.07, 6.45) is 7.38. The standard InChI is InChI=1S/C38H58BN3O6/c1-9-13-15-29(11-3)35(43)45-27-25-42(26-28-46-36(44)30(12-4)16-14-10-2)34-23-21-33(22-24-34)41-40-32-19-17-31(18-20-32)39-47-37(5,6)38(7,8)48-39/h17-24,29-30H,9-16,25-28H2,1-8H3/b41-40+. The van der Waals surface area contributed by atoms with Gasteiger partial charge in [0.25, 0.3) is 0 Å². The van der Waals surface area contributed by atoms with Crippen LogP contribution in [0.25, 0.3) is 0 Å². The maximum atomic E-state index is 12.7. The smallest absolute Gasteiger partial charge is 0.464 e. The van der Waals surface area contributed by atoms with E-state index >= 15 is 0 Å². The van der Waals surface area contributed by atoms with Crippen LogP contribution in [-0.2, 0) is 28.4 Å². The highest BCUT2D eigenvalue weighted by molar-refractivity contribution is 6.62. The minimum atomic E-state index is -0.424. The lowest BCUT2D eigenvalue weighted by atomic mass is 9.79. The van der Waals surface area contributed by atoms with Crippen molar-refractivity contribution in [1.29, 1.82) is 0 Å². The molecular weight excluding hydrogens is 605 g/mol. The summed E-state index contributed by atoms with van der Waals surface area (Å²) >= 11 is 0. The Morgan fingerprint density at radius 2 is 1.12 bits per heavy atom. The van der Waals surface area contributed by atoms with Crippen molar-refractivity contribution in [3.8, 4) is 0 Å². The number of hydrogen-bond donors (Lipinski definition) is 0. The second kappa shape index (κ2) is 19.1. The molecule has 0 bridgehead atoms. The molecule has 0 saturated carbocycles. The van der Waals surface area contributed by atoms with Gasteiger partial charge in [0.1, 0.15) is 13.2 Å². The minimum absolute atomic E-state index is 0.0713. The van der Waals surface area contributed by atoms with Crippen molar-refractivity contribution in [2.45, 2.75) is 118 Å². The molecule has 10 heteroatoms. The first-order valence-electron chi connectivity index (χ1n) is 18.0. The van der Waals surface area contributed by atoms with Crippen molar-refractivity contribution in [3.63, 3.8) is 0 Å². The summed E-state index contributed by atoms with van der Waals surface area (Å²) in [7, 11) is -0.424. The topological polar surface area (TPSA) is 99.0 Å².